The summed E-state index contributed by atoms with van der Waals surface area (Å²) in [6.07, 6.45) is 9.31. The Morgan fingerprint density at radius 2 is 1.81 bits per heavy atom. The van der Waals surface area contributed by atoms with Crippen molar-refractivity contribution in [1.82, 2.24) is 10.2 Å². The minimum Gasteiger partial charge on any atom is -0.395 e. The Hall–Kier alpha value is -0.120. The molecule has 1 aliphatic carbocycles. The molecule has 16 heavy (non-hydrogen) atoms. The van der Waals surface area contributed by atoms with Gasteiger partial charge in [0.05, 0.1) is 6.61 Å². The van der Waals surface area contributed by atoms with Crippen LogP contribution in [-0.4, -0.2) is 48.3 Å². The molecule has 2 aliphatic rings. The maximum atomic E-state index is 9.31. The van der Waals surface area contributed by atoms with Gasteiger partial charge in [-0.15, -0.1) is 0 Å². The first-order chi connectivity index (χ1) is 7.90. The largest absolute Gasteiger partial charge is 0.395 e. The topological polar surface area (TPSA) is 35.5 Å². The van der Waals surface area contributed by atoms with E-state index in [1.54, 1.807) is 0 Å². The fourth-order valence-corrected chi connectivity index (χ4v) is 3.10. The number of nitrogens with zero attached hydrogens (tertiary/aromatic N) is 1. The van der Waals surface area contributed by atoms with E-state index in [9.17, 15) is 5.11 Å². The molecule has 1 saturated carbocycles. The second-order valence-electron chi connectivity index (χ2n) is 5.30. The average Bonchev–Trinajstić information content (AvgIpc) is 2.83. The molecule has 94 valence electrons. The van der Waals surface area contributed by atoms with Crippen molar-refractivity contribution in [3.05, 3.63) is 0 Å². The van der Waals surface area contributed by atoms with Crippen molar-refractivity contribution in [3.8, 4) is 0 Å². The maximum absolute atomic E-state index is 9.31. The molecule has 1 unspecified atom stereocenters. The van der Waals surface area contributed by atoms with E-state index in [-0.39, 0.29) is 0 Å². The Balaban J connectivity index is 1.63. The molecule has 2 N–H and O–H groups in total. The summed E-state index contributed by atoms with van der Waals surface area (Å²) in [4.78, 5) is 2.46. The SMILES string of the molecule is OCC1CCCCN1CCNC1CCCC1. The molecule has 2 fully saturated rings. The smallest absolute Gasteiger partial charge is 0.0586 e. The molecule has 1 saturated heterocycles. The lowest BCUT2D eigenvalue weighted by molar-refractivity contribution is 0.0904. The highest BCUT2D eigenvalue weighted by Gasteiger charge is 2.21. The van der Waals surface area contributed by atoms with Crippen LogP contribution >= 0.6 is 0 Å². The van der Waals surface area contributed by atoms with E-state index in [4.69, 9.17) is 0 Å². The summed E-state index contributed by atoms with van der Waals surface area (Å²) >= 11 is 0. The number of nitrogens with one attached hydrogen (secondary N) is 1. The fourth-order valence-electron chi connectivity index (χ4n) is 3.10. The van der Waals surface area contributed by atoms with Crippen LogP contribution in [0.4, 0.5) is 0 Å². The molecular weight excluding hydrogens is 200 g/mol. The van der Waals surface area contributed by atoms with E-state index < -0.39 is 0 Å². The van der Waals surface area contributed by atoms with Crippen LogP contribution in [0.15, 0.2) is 0 Å². The quantitative estimate of drug-likeness (QED) is 0.743. The third-order valence-corrected chi connectivity index (χ3v) is 4.15. The van der Waals surface area contributed by atoms with Gasteiger partial charge in [0.15, 0.2) is 0 Å². The van der Waals surface area contributed by atoms with Crippen molar-refractivity contribution >= 4 is 0 Å². The van der Waals surface area contributed by atoms with Gasteiger partial charge in [-0.05, 0) is 32.2 Å². The summed E-state index contributed by atoms with van der Waals surface area (Å²) in [6.45, 7) is 3.73. The molecule has 1 heterocycles. The van der Waals surface area contributed by atoms with Crippen molar-refractivity contribution in [1.29, 1.82) is 0 Å². The van der Waals surface area contributed by atoms with Gasteiger partial charge in [0.25, 0.3) is 0 Å². The maximum Gasteiger partial charge on any atom is 0.0586 e. The third kappa shape index (κ3) is 3.44. The zero-order valence-corrected chi connectivity index (χ0v) is 10.3. The predicted octanol–water partition coefficient (Wildman–Crippen LogP) is 1.37. The normalized spacial score (nSPS) is 28.7. The van der Waals surface area contributed by atoms with Gasteiger partial charge in [-0.25, -0.2) is 0 Å². The molecule has 0 spiro atoms. The van der Waals surface area contributed by atoms with Gasteiger partial charge in [0.2, 0.25) is 0 Å². The molecule has 3 heteroatoms. The molecule has 0 bridgehead atoms. The zero-order chi connectivity index (χ0) is 11.2. The molecule has 0 aromatic heterocycles. The van der Waals surface area contributed by atoms with Gasteiger partial charge >= 0.3 is 0 Å². The van der Waals surface area contributed by atoms with Gasteiger partial charge in [-0.2, -0.15) is 0 Å². The standard InChI is InChI=1S/C13H26N2O/c16-11-13-7-3-4-9-15(13)10-8-14-12-5-1-2-6-12/h12-14,16H,1-11H2. The van der Waals surface area contributed by atoms with Gasteiger partial charge in [0, 0.05) is 25.2 Å². The molecule has 1 aliphatic heterocycles. The van der Waals surface area contributed by atoms with Crippen molar-refractivity contribution < 1.29 is 5.11 Å². The summed E-state index contributed by atoms with van der Waals surface area (Å²) in [6, 6.07) is 1.21. The van der Waals surface area contributed by atoms with E-state index in [1.807, 2.05) is 0 Å². The zero-order valence-electron chi connectivity index (χ0n) is 10.3. The third-order valence-electron chi connectivity index (χ3n) is 4.15. The molecule has 0 aromatic carbocycles. The van der Waals surface area contributed by atoms with E-state index in [0.717, 1.165) is 19.1 Å². The van der Waals surface area contributed by atoms with Gasteiger partial charge in [-0.3, -0.25) is 4.90 Å². The van der Waals surface area contributed by atoms with Crippen LogP contribution in [0, 0.1) is 0 Å². The lowest BCUT2D eigenvalue weighted by atomic mass is 10.0. The van der Waals surface area contributed by atoms with Crippen molar-refractivity contribution in [2.24, 2.45) is 0 Å². The van der Waals surface area contributed by atoms with Crippen molar-refractivity contribution in [2.45, 2.75) is 57.0 Å². The van der Waals surface area contributed by atoms with Crippen LogP contribution in [0.25, 0.3) is 0 Å². The van der Waals surface area contributed by atoms with Crippen LogP contribution in [-0.2, 0) is 0 Å². The predicted molar refractivity (Wildman–Crippen MR) is 66.6 cm³/mol. The number of aliphatic hydroxyl groups is 1. The monoisotopic (exact) mass is 226 g/mol. The fraction of sp³-hybridized carbons (Fsp3) is 1.00. The molecule has 3 nitrogen and oxygen atoms in total. The summed E-state index contributed by atoms with van der Waals surface area (Å²) in [5, 5.41) is 13.0. The summed E-state index contributed by atoms with van der Waals surface area (Å²) < 4.78 is 0. The van der Waals surface area contributed by atoms with E-state index in [1.165, 1.54) is 51.5 Å². The van der Waals surface area contributed by atoms with Crippen molar-refractivity contribution in [2.75, 3.05) is 26.2 Å². The first-order valence-corrected chi connectivity index (χ1v) is 6.98. The Kier molecular flexibility index (Phi) is 5.07. The first-order valence-electron chi connectivity index (χ1n) is 6.98. The van der Waals surface area contributed by atoms with Crippen LogP contribution in [0.1, 0.15) is 44.9 Å². The minimum atomic E-state index is 0.337. The Morgan fingerprint density at radius 1 is 1.06 bits per heavy atom. The van der Waals surface area contributed by atoms with Gasteiger partial charge in [0.1, 0.15) is 0 Å². The number of likely N-dealkylation sites (tertiary alicyclic amines) is 1. The lowest BCUT2D eigenvalue weighted by Gasteiger charge is -2.34. The Morgan fingerprint density at radius 3 is 2.56 bits per heavy atom. The van der Waals surface area contributed by atoms with Crippen LogP contribution < -0.4 is 5.32 Å². The highest BCUT2D eigenvalue weighted by Crippen LogP contribution is 2.18. The highest BCUT2D eigenvalue weighted by molar-refractivity contribution is 4.78. The summed E-state index contributed by atoms with van der Waals surface area (Å²) in [5.74, 6) is 0. The highest BCUT2D eigenvalue weighted by atomic mass is 16.3. The van der Waals surface area contributed by atoms with Crippen molar-refractivity contribution in [3.63, 3.8) is 0 Å². The molecule has 0 radical (unpaired) electrons. The van der Waals surface area contributed by atoms with Crippen LogP contribution in [0.5, 0.6) is 0 Å². The van der Waals surface area contributed by atoms with E-state index in [2.05, 4.69) is 10.2 Å². The molecule has 2 rings (SSSR count). The molecule has 1 atom stereocenters. The summed E-state index contributed by atoms with van der Waals surface area (Å²) in [5.41, 5.74) is 0. The Labute approximate surface area is 99.2 Å². The van der Waals surface area contributed by atoms with Gasteiger partial charge < -0.3 is 10.4 Å². The number of hydrogen-bond donors (Lipinski definition) is 2. The van der Waals surface area contributed by atoms with E-state index >= 15 is 0 Å². The number of piperidine rings is 1. The summed E-state index contributed by atoms with van der Waals surface area (Å²) in [7, 11) is 0. The van der Waals surface area contributed by atoms with Gasteiger partial charge in [-0.1, -0.05) is 19.3 Å². The average molecular weight is 226 g/mol. The number of hydrogen-bond acceptors (Lipinski definition) is 3. The second kappa shape index (κ2) is 6.58. The second-order valence-corrected chi connectivity index (χ2v) is 5.30. The lowest BCUT2D eigenvalue weighted by Crippen LogP contribution is -2.45. The Bertz CT molecular complexity index is 192. The first kappa shape index (κ1) is 12.3. The molecular formula is C13H26N2O. The van der Waals surface area contributed by atoms with Crippen LogP contribution in [0.2, 0.25) is 0 Å². The number of aliphatic hydroxyl groups excluding tert-OH is 1. The van der Waals surface area contributed by atoms with Crippen LogP contribution in [0.3, 0.4) is 0 Å². The number of rotatable bonds is 5. The van der Waals surface area contributed by atoms with E-state index in [0.29, 0.717) is 12.6 Å². The molecule has 0 aromatic rings. The minimum absolute atomic E-state index is 0.337. The molecule has 0 amide bonds.